The van der Waals surface area contributed by atoms with Crippen LogP contribution in [0, 0.1) is 17.8 Å². The normalized spacial score (nSPS) is 41.6. The summed E-state index contributed by atoms with van der Waals surface area (Å²) in [5.74, 6) is 3.58. The minimum absolute atomic E-state index is 0.0857. The van der Waals surface area contributed by atoms with Crippen molar-refractivity contribution < 1.29 is 28.8 Å². The van der Waals surface area contributed by atoms with Gasteiger partial charge in [0.2, 0.25) is 11.4 Å². The fourth-order valence-electron chi connectivity index (χ4n) is 3.56. The number of fused-ring (bicyclic) bond motifs is 1. The van der Waals surface area contributed by atoms with Gasteiger partial charge in [0.15, 0.2) is 11.6 Å². The van der Waals surface area contributed by atoms with Gasteiger partial charge in [-0.25, -0.2) is 0 Å². The third-order valence-electron chi connectivity index (χ3n) is 4.80. The maximum absolute atomic E-state index is 11.6. The van der Waals surface area contributed by atoms with E-state index in [-0.39, 0.29) is 13.2 Å². The van der Waals surface area contributed by atoms with Crippen molar-refractivity contribution in [2.75, 3.05) is 13.2 Å². The molecule has 0 bridgehead atoms. The van der Waals surface area contributed by atoms with Crippen LogP contribution in [0.25, 0.3) is 0 Å². The molecule has 1 spiro atoms. The molecule has 0 radical (unpaired) electrons. The molecule has 3 heterocycles. The molecule has 0 aromatic carbocycles. The van der Waals surface area contributed by atoms with E-state index in [9.17, 15) is 5.11 Å². The summed E-state index contributed by atoms with van der Waals surface area (Å²) in [7, 11) is 0. The summed E-state index contributed by atoms with van der Waals surface area (Å²) in [6, 6.07) is 0. The van der Waals surface area contributed by atoms with Crippen LogP contribution >= 0.6 is 0 Å². The molecule has 3 saturated heterocycles. The lowest BCUT2D eigenvalue weighted by Gasteiger charge is -2.47. The van der Waals surface area contributed by atoms with Crippen molar-refractivity contribution in [2.24, 2.45) is 5.92 Å². The molecule has 0 amide bonds. The van der Waals surface area contributed by atoms with Crippen molar-refractivity contribution in [1.82, 2.24) is 0 Å². The summed E-state index contributed by atoms with van der Waals surface area (Å²) in [4.78, 5) is 0. The second-order valence-electron chi connectivity index (χ2n) is 8.45. The van der Waals surface area contributed by atoms with E-state index in [4.69, 9.17) is 23.7 Å². The van der Waals surface area contributed by atoms with Crippen LogP contribution in [-0.2, 0) is 23.7 Å². The lowest BCUT2D eigenvalue weighted by atomic mass is 9.82. The first-order valence-corrected chi connectivity index (χ1v) is 9.05. The smallest absolute Gasteiger partial charge is 0.238 e. The van der Waals surface area contributed by atoms with Gasteiger partial charge in [-0.05, 0) is 40.0 Å². The number of ether oxygens (including phenoxy) is 5. The van der Waals surface area contributed by atoms with E-state index in [2.05, 4.69) is 25.7 Å². The quantitative estimate of drug-likeness (QED) is 0.767. The monoisotopic (exact) mass is 354 g/mol. The van der Waals surface area contributed by atoms with Crippen LogP contribution in [0.5, 0.6) is 0 Å². The van der Waals surface area contributed by atoms with Crippen molar-refractivity contribution in [1.29, 1.82) is 0 Å². The van der Waals surface area contributed by atoms with Gasteiger partial charge in [0.25, 0.3) is 0 Å². The second-order valence-corrected chi connectivity index (χ2v) is 8.45. The van der Waals surface area contributed by atoms with Crippen LogP contribution in [0.3, 0.4) is 0 Å². The predicted molar refractivity (Wildman–Crippen MR) is 90.4 cm³/mol. The average Bonchev–Trinajstić information content (AvgIpc) is 2.97. The van der Waals surface area contributed by atoms with E-state index in [1.807, 2.05) is 13.8 Å². The lowest BCUT2D eigenvalue weighted by molar-refractivity contribution is -0.349. The van der Waals surface area contributed by atoms with Crippen LogP contribution in [0.15, 0.2) is 0 Å². The summed E-state index contributed by atoms with van der Waals surface area (Å²) >= 11 is 0. The highest BCUT2D eigenvalue weighted by Gasteiger charge is 2.70. The first-order valence-electron chi connectivity index (χ1n) is 9.05. The summed E-state index contributed by atoms with van der Waals surface area (Å²) < 4.78 is 29.6. The van der Waals surface area contributed by atoms with E-state index in [0.29, 0.717) is 12.3 Å². The van der Waals surface area contributed by atoms with Crippen molar-refractivity contribution >= 4 is 0 Å². The van der Waals surface area contributed by atoms with E-state index < -0.39 is 35.2 Å². The van der Waals surface area contributed by atoms with Gasteiger partial charge < -0.3 is 28.8 Å². The van der Waals surface area contributed by atoms with Gasteiger partial charge in [0.1, 0.15) is 18.8 Å². The van der Waals surface area contributed by atoms with Crippen molar-refractivity contribution in [3.05, 3.63) is 0 Å². The number of hydrogen-bond donors (Lipinski definition) is 1. The van der Waals surface area contributed by atoms with Crippen LogP contribution < -0.4 is 0 Å². The molecule has 3 fully saturated rings. The third kappa shape index (κ3) is 3.46. The molecule has 3 rings (SSSR count). The molecule has 3 aliphatic rings. The molecule has 0 aromatic heterocycles. The van der Waals surface area contributed by atoms with Gasteiger partial charge in [-0.1, -0.05) is 25.7 Å². The molecule has 6 heteroatoms. The van der Waals surface area contributed by atoms with Gasteiger partial charge in [0.05, 0.1) is 6.61 Å². The Bertz CT molecular complexity index is 572. The van der Waals surface area contributed by atoms with Crippen LogP contribution in [0.4, 0.5) is 0 Å². The number of aliphatic hydroxyl groups is 1. The predicted octanol–water partition coefficient (Wildman–Crippen LogP) is 2.19. The second kappa shape index (κ2) is 6.19. The van der Waals surface area contributed by atoms with Gasteiger partial charge >= 0.3 is 0 Å². The lowest BCUT2D eigenvalue weighted by Crippen LogP contribution is -2.70. The van der Waals surface area contributed by atoms with E-state index in [1.165, 1.54) is 0 Å². The molecule has 4 atom stereocenters. The van der Waals surface area contributed by atoms with Gasteiger partial charge in [-0.3, -0.25) is 0 Å². The Morgan fingerprint density at radius 3 is 2.40 bits per heavy atom. The summed E-state index contributed by atoms with van der Waals surface area (Å²) in [6.07, 6.45) is 0.566. The average molecular weight is 354 g/mol. The van der Waals surface area contributed by atoms with Crippen molar-refractivity contribution in [2.45, 2.75) is 89.6 Å². The Hall–Kier alpha value is -0.680. The van der Waals surface area contributed by atoms with Crippen LogP contribution in [0.2, 0.25) is 0 Å². The highest BCUT2D eigenvalue weighted by Crippen LogP contribution is 2.49. The Kier molecular flexibility index (Phi) is 4.73. The zero-order chi connectivity index (χ0) is 18.5. The zero-order valence-corrected chi connectivity index (χ0v) is 16.0. The van der Waals surface area contributed by atoms with Crippen molar-refractivity contribution in [3.8, 4) is 11.8 Å². The topological polar surface area (TPSA) is 66.4 Å². The Balaban J connectivity index is 1.93. The zero-order valence-electron chi connectivity index (χ0n) is 16.0. The van der Waals surface area contributed by atoms with Crippen molar-refractivity contribution in [3.63, 3.8) is 0 Å². The molecule has 0 aliphatic carbocycles. The van der Waals surface area contributed by atoms with Crippen LogP contribution in [-0.4, -0.2) is 53.5 Å². The molecule has 1 N–H and O–H groups in total. The molecule has 25 heavy (non-hydrogen) atoms. The third-order valence-corrected chi connectivity index (χ3v) is 4.80. The standard InChI is InChI=1S/C19H30O6/c1-13(2)9-7-8-10-18(20)15-14(23-17(5,6)24-15)11-21-19(18)12-22-16(3,4)25-19/h13-15,20H,7,9,11-12H2,1-6H3/t14-,15-,18-,19+/m1/s1. The fraction of sp³-hybridized carbons (Fsp3) is 0.895. The summed E-state index contributed by atoms with van der Waals surface area (Å²) in [5, 5.41) is 11.6. The maximum atomic E-state index is 11.6. The molecule has 0 unspecified atom stereocenters. The minimum Gasteiger partial charge on any atom is -0.370 e. The molecule has 0 aromatic rings. The largest absolute Gasteiger partial charge is 0.370 e. The first-order chi connectivity index (χ1) is 11.5. The Morgan fingerprint density at radius 2 is 1.80 bits per heavy atom. The van der Waals surface area contributed by atoms with Gasteiger partial charge in [0, 0.05) is 6.42 Å². The van der Waals surface area contributed by atoms with Gasteiger partial charge in [-0.2, -0.15) is 0 Å². The van der Waals surface area contributed by atoms with Gasteiger partial charge in [-0.15, -0.1) is 0 Å². The van der Waals surface area contributed by atoms with E-state index in [0.717, 1.165) is 6.42 Å². The Labute approximate surface area is 150 Å². The fourth-order valence-corrected chi connectivity index (χ4v) is 3.56. The van der Waals surface area contributed by atoms with Crippen LogP contribution in [0.1, 0.15) is 54.4 Å². The highest BCUT2D eigenvalue weighted by atomic mass is 16.9. The maximum Gasteiger partial charge on any atom is 0.238 e. The summed E-state index contributed by atoms with van der Waals surface area (Å²) in [5.41, 5.74) is -1.67. The Morgan fingerprint density at radius 1 is 1.08 bits per heavy atom. The molecule has 142 valence electrons. The number of rotatable bonds is 2. The molecule has 0 saturated carbocycles. The summed E-state index contributed by atoms with van der Waals surface area (Å²) in [6.45, 7) is 11.8. The highest BCUT2D eigenvalue weighted by molar-refractivity contribution is 5.27. The number of hydrogen-bond acceptors (Lipinski definition) is 6. The first kappa shape index (κ1) is 19.1. The van der Waals surface area contributed by atoms with E-state index in [1.54, 1.807) is 13.8 Å². The minimum atomic E-state index is -1.67. The molecule has 3 aliphatic heterocycles. The van der Waals surface area contributed by atoms with E-state index >= 15 is 0 Å². The molecular weight excluding hydrogens is 324 g/mol. The molecular formula is C19H30O6. The molecule has 6 nitrogen and oxygen atoms in total. The SMILES string of the molecule is CC(C)CCC#C[C@@]1(O)[C@@H]2OC(C)(C)O[C@@H]2CO[C@]12COC(C)(C)O2.